The zero-order valence-electron chi connectivity index (χ0n) is 21.0. The lowest BCUT2D eigenvalue weighted by molar-refractivity contribution is -0.140. The number of nitrogens with zero attached hydrogens (tertiary/aromatic N) is 1. The lowest BCUT2D eigenvalue weighted by Gasteiger charge is -2.34. The number of ether oxygens (including phenoxy) is 1. The van der Waals surface area contributed by atoms with Crippen LogP contribution in [0.4, 0.5) is 5.69 Å². The maximum Gasteiger partial charge on any atom is 0.250 e. The molecule has 2 bridgehead atoms. The van der Waals surface area contributed by atoms with Crippen LogP contribution in [-0.4, -0.2) is 63.5 Å². The minimum atomic E-state index is -1.15. The van der Waals surface area contributed by atoms with E-state index in [1.54, 1.807) is 17.0 Å². The maximum atomic E-state index is 13.9. The number of aliphatic hydroxyl groups excluding tert-OH is 1. The van der Waals surface area contributed by atoms with E-state index in [0.29, 0.717) is 36.5 Å². The number of hydrogen-bond acceptors (Lipinski definition) is 5. The number of aliphatic hydroxyl groups is 1. The Morgan fingerprint density at radius 3 is 2.63 bits per heavy atom. The molecule has 3 N–H and O–H groups in total. The first-order valence-electron chi connectivity index (χ1n) is 12.9. The van der Waals surface area contributed by atoms with Crippen LogP contribution in [0.15, 0.2) is 48.5 Å². The fourth-order valence-corrected chi connectivity index (χ4v) is 7.46. The highest BCUT2D eigenvalue weighted by Crippen LogP contribution is 2.60. The third-order valence-corrected chi connectivity index (χ3v) is 9.09. The number of aryl methyl sites for hydroxylation is 1. The molecule has 5 rings (SSSR count). The van der Waals surface area contributed by atoms with Gasteiger partial charge in [-0.05, 0) is 43.4 Å². The van der Waals surface area contributed by atoms with Gasteiger partial charge in [-0.1, -0.05) is 70.0 Å². The van der Waals surface area contributed by atoms with E-state index >= 15 is 0 Å². The zero-order chi connectivity index (χ0) is 27.0. The summed E-state index contributed by atoms with van der Waals surface area (Å²) in [4.78, 5) is 42.7. The molecule has 2 aromatic rings. The number of nitrogens with one attached hydrogen (secondary N) is 2. The Balaban J connectivity index is 1.46. The molecular formula is C28H31BrClN3O5. The molecule has 3 unspecified atom stereocenters. The number of fused-ring (bicyclic) bond motifs is 1. The summed E-state index contributed by atoms with van der Waals surface area (Å²) in [5, 5.41) is 15.7. The lowest BCUT2D eigenvalue weighted by Crippen LogP contribution is -2.54. The Kier molecular flexibility index (Phi) is 7.82. The van der Waals surface area contributed by atoms with Crippen LogP contribution in [-0.2, 0) is 25.7 Å². The fraction of sp³-hybridized carbons (Fsp3) is 0.464. The highest BCUT2D eigenvalue weighted by molar-refractivity contribution is 9.09. The summed E-state index contributed by atoms with van der Waals surface area (Å²) in [6.07, 6.45) is 0.903. The molecule has 3 aliphatic heterocycles. The highest BCUT2D eigenvalue weighted by atomic mass is 79.9. The Hall–Kier alpha value is -2.46. The number of halogens is 2. The number of anilines is 1. The van der Waals surface area contributed by atoms with E-state index < -0.39 is 35.5 Å². The van der Waals surface area contributed by atoms with Crippen LogP contribution in [0.1, 0.15) is 30.4 Å². The molecule has 3 heterocycles. The molecule has 0 radical (unpaired) electrons. The second-order valence-corrected chi connectivity index (χ2v) is 11.8. The number of benzene rings is 2. The van der Waals surface area contributed by atoms with Gasteiger partial charge in [0.25, 0.3) is 0 Å². The van der Waals surface area contributed by atoms with Crippen molar-refractivity contribution in [2.24, 2.45) is 11.8 Å². The van der Waals surface area contributed by atoms with Crippen molar-refractivity contribution in [3.05, 3.63) is 64.7 Å². The van der Waals surface area contributed by atoms with E-state index in [2.05, 4.69) is 26.6 Å². The molecule has 38 heavy (non-hydrogen) atoms. The molecule has 8 nitrogen and oxygen atoms in total. The molecular weight excluding hydrogens is 574 g/mol. The van der Waals surface area contributed by atoms with Gasteiger partial charge in [0, 0.05) is 24.5 Å². The van der Waals surface area contributed by atoms with Crippen molar-refractivity contribution in [3.63, 3.8) is 0 Å². The second kappa shape index (κ2) is 11.0. The van der Waals surface area contributed by atoms with Crippen molar-refractivity contribution >= 4 is 50.9 Å². The van der Waals surface area contributed by atoms with Crippen molar-refractivity contribution in [3.8, 4) is 0 Å². The summed E-state index contributed by atoms with van der Waals surface area (Å²) in [6, 6.07) is 14.0. The summed E-state index contributed by atoms with van der Waals surface area (Å²) >= 11 is 10.1. The molecule has 1 spiro atoms. The number of rotatable bonds is 9. The summed E-state index contributed by atoms with van der Waals surface area (Å²) in [5.41, 5.74) is 1.08. The minimum absolute atomic E-state index is 0.0150. The van der Waals surface area contributed by atoms with Crippen LogP contribution in [0, 0.1) is 18.8 Å². The quantitative estimate of drug-likeness (QED) is 0.300. The van der Waals surface area contributed by atoms with E-state index in [1.165, 1.54) is 0 Å². The number of amides is 3. The Morgan fingerprint density at radius 2 is 1.92 bits per heavy atom. The van der Waals surface area contributed by atoms with Crippen LogP contribution in [0.2, 0.25) is 5.02 Å². The van der Waals surface area contributed by atoms with Crippen LogP contribution in [0.3, 0.4) is 0 Å². The Morgan fingerprint density at radius 1 is 1.16 bits per heavy atom. The van der Waals surface area contributed by atoms with Crippen LogP contribution in [0.25, 0.3) is 0 Å². The first-order valence-corrected chi connectivity index (χ1v) is 14.2. The van der Waals surface area contributed by atoms with E-state index in [1.807, 2.05) is 43.3 Å². The fourth-order valence-electron chi connectivity index (χ4n) is 6.25. The van der Waals surface area contributed by atoms with Gasteiger partial charge in [-0.25, -0.2) is 0 Å². The molecule has 3 aliphatic rings. The smallest absolute Gasteiger partial charge is 0.250 e. The average molecular weight is 605 g/mol. The first kappa shape index (κ1) is 27.1. The van der Waals surface area contributed by atoms with Gasteiger partial charge in [-0.3, -0.25) is 14.4 Å². The minimum Gasteiger partial charge on any atom is -0.396 e. The Bertz CT molecular complexity index is 1210. The number of likely N-dealkylation sites (tertiary alicyclic amines) is 1. The molecule has 3 amide bonds. The van der Waals surface area contributed by atoms with E-state index in [0.717, 1.165) is 11.1 Å². The van der Waals surface area contributed by atoms with Crippen LogP contribution in [0.5, 0.6) is 0 Å². The van der Waals surface area contributed by atoms with Crippen molar-refractivity contribution in [1.82, 2.24) is 10.2 Å². The van der Waals surface area contributed by atoms with Gasteiger partial charge in [-0.2, -0.15) is 0 Å². The molecule has 6 atom stereocenters. The number of para-hydroxylation sites is 1. The molecule has 0 aromatic heterocycles. The summed E-state index contributed by atoms with van der Waals surface area (Å²) < 4.78 is 6.51. The second-order valence-electron chi connectivity index (χ2n) is 10.3. The van der Waals surface area contributed by atoms with E-state index in [-0.39, 0.29) is 29.8 Å². The van der Waals surface area contributed by atoms with Gasteiger partial charge in [0.2, 0.25) is 17.7 Å². The van der Waals surface area contributed by atoms with Gasteiger partial charge in [0.05, 0.1) is 28.6 Å². The van der Waals surface area contributed by atoms with Crippen molar-refractivity contribution in [1.29, 1.82) is 0 Å². The maximum absolute atomic E-state index is 13.9. The first-order chi connectivity index (χ1) is 18.3. The number of unbranched alkanes of at least 4 members (excludes halogenated alkanes) is 1. The van der Waals surface area contributed by atoms with Crippen molar-refractivity contribution < 1.29 is 24.2 Å². The van der Waals surface area contributed by atoms with Gasteiger partial charge >= 0.3 is 0 Å². The Labute approximate surface area is 235 Å². The summed E-state index contributed by atoms with van der Waals surface area (Å²) in [7, 11) is 0. The highest BCUT2D eigenvalue weighted by Gasteiger charge is 2.76. The van der Waals surface area contributed by atoms with E-state index in [9.17, 15) is 19.5 Å². The molecule has 0 saturated carbocycles. The number of carbonyl (C=O) groups excluding carboxylic acids is 3. The van der Waals surface area contributed by atoms with Crippen molar-refractivity contribution in [2.75, 3.05) is 18.5 Å². The van der Waals surface area contributed by atoms with Gasteiger partial charge in [0.1, 0.15) is 11.6 Å². The van der Waals surface area contributed by atoms with Gasteiger partial charge in [0.15, 0.2) is 0 Å². The molecule has 202 valence electrons. The normalized spacial score (nSPS) is 29.4. The molecule has 2 aromatic carbocycles. The number of hydrogen-bond donors (Lipinski definition) is 3. The van der Waals surface area contributed by atoms with Crippen molar-refractivity contribution in [2.45, 2.75) is 55.3 Å². The molecule has 3 saturated heterocycles. The zero-order valence-corrected chi connectivity index (χ0v) is 23.4. The molecule has 10 heteroatoms. The summed E-state index contributed by atoms with van der Waals surface area (Å²) in [6.45, 7) is 2.44. The third-order valence-electron chi connectivity index (χ3n) is 7.93. The molecule has 3 fully saturated rings. The molecule has 0 aliphatic carbocycles. The van der Waals surface area contributed by atoms with E-state index in [4.69, 9.17) is 16.3 Å². The predicted molar refractivity (Wildman–Crippen MR) is 147 cm³/mol. The monoisotopic (exact) mass is 603 g/mol. The summed E-state index contributed by atoms with van der Waals surface area (Å²) in [5.74, 6) is -2.44. The van der Waals surface area contributed by atoms with Gasteiger partial charge in [-0.15, -0.1) is 0 Å². The average Bonchev–Trinajstić information content (AvgIpc) is 3.49. The standard InChI is InChI=1S/C28H31BrClN3O5/c1-16-8-7-11-19(30)22(16)32-26(36)24-28-14-18(29)23(38-28)20(21(28)27(37)33(24)12-5-6-13-34)25(35)31-15-17-9-3-2-4-10-17/h2-4,7-11,18,20-21,23-24,34H,5-6,12-15H2,1H3,(H,31,35)(H,32,36)/t18?,20-,21-,23-,24?,28?/m0/s1. The SMILES string of the molecule is Cc1cccc(Cl)c1NC(=O)C1N(CCCCO)C(=O)[C@@H]2[C@H](C(=O)NCc3ccccc3)[C@H]3OC12CC3Br. The number of alkyl halides is 1. The van der Waals surface area contributed by atoms with Crippen LogP contribution < -0.4 is 10.6 Å². The lowest BCUT2D eigenvalue weighted by atomic mass is 9.70. The third kappa shape index (κ3) is 4.63. The largest absolute Gasteiger partial charge is 0.396 e. The van der Waals surface area contributed by atoms with Crippen LogP contribution >= 0.6 is 27.5 Å². The van der Waals surface area contributed by atoms with Gasteiger partial charge < -0.3 is 25.4 Å². The number of carbonyl (C=O) groups is 3. The topological polar surface area (TPSA) is 108 Å². The predicted octanol–water partition coefficient (Wildman–Crippen LogP) is 3.42.